The summed E-state index contributed by atoms with van der Waals surface area (Å²) in [6, 6.07) is 9.08. The van der Waals surface area contributed by atoms with Crippen molar-refractivity contribution in [3.63, 3.8) is 0 Å². The van der Waals surface area contributed by atoms with Gasteiger partial charge in [-0.3, -0.25) is 5.43 Å². The van der Waals surface area contributed by atoms with Gasteiger partial charge in [0.25, 0.3) is 0 Å². The molecule has 0 amide bonds. The molecule has 0 saturated heterocycles. The van der Waals surface area contributed by atoms with Gasteiger partial charge in [0, 0.05) is 11.6 Å². The molecular formula is C13H9F3N2. The highest BCUT2D eigenvalue weighted by Gasteiger charge is 2.02. The molecular weight excluding hydrogens is 241 g/mol. The molecule has 5 heteroatoms. The normalized spacial score (nSPS) is 10.8. The Morgan fingerprint density at radius 2 is 1.72 bits per heavy atom. The van der Waals surface area contributed by atoms with Crippen LogP contribution in [-0.4, -0.2) is 6.21 Å². The second-order valence-electron chi connectivity index (χ2n) is 3.52. The van der Waals surface area contributed by atoms with Crippen LogP contribution < -0.4 is 5.43 Å². The number of hydrazone groups is 1. The Morgan fingerprint density at radius 3 is 2.44 bits per heavy atom. The Bertz CT molecular complexity index is 582. The Labute approximate surface area is 102 Å². The zero-order valence-electron chi connectivity index (χ0n) is 9.20. The van der Waals surface area contributed by atoms with Gasteiger partial charge in [-0.15, -0.1) is 0 Å². The van der Waals surface area contributed by atoms with Crippen molar-refractivity contribution in [3.8, 4) is 0 Å². The monoisotopic (exact) mass is 250 g/mol. The first-order chi connectivity index (χ1) is 8.66. The van der Waals surface area contributed by atoms with Crippen molar-refractivity contribution in [2.24, 2.45) is 5.10 Å². The van der Waals surface area contributed by atoms with Gasteiger partial charge in [-0.1, -0.05) is 18.2 Å². The summed E-state index contributed by atoms with van der Waals surface area (Å²) >= 11 is 0. The zero-order chi connectivity index (χ0) is 13.0. The van der Waals surface area contributed by atoms with Crippen LogP contribution in [0, 0.1) is 17.5 Å². The van der Waals surface area contributed by atoms with Crippen molar-refractivity contribution < 1.29 is 13.2 Å². The molecule has 0 aliphatic heterocycles. The van der Waals surface area contributed by atoms with Gasteiger partial charge in [-0.25, -0.2) is 13.2 Å². The first kappa shape index (κ1) is 12.2. The minimum absolute atomic E-state index is 0.0176. The number of hydrogen-bond acceptors (Lipinski definition) is 2. The topological polar surface area (TPSA) is 24.4 Å². The maximum atomic E-state index is 13.2. The SMILES string of the molecule is Fc1ccc(N/N=C\c2ccccc2F)c(F)c1. The lowest BCUT2D eigenvalue weighted by molar-refractivity contribution is 0.585. The smallest absolute Gasteiger partial charge is 0.151 e. The van der Waals surface area contributed by atoms with Crippen molar-refractivity contribution >= 4 is 11.9 Å². The predicted molar refractivity (Wildman–Crippen MR) is 64.0 cm³/mol. The number of anilines is 1. The number of nitrogens with one attached hydrogen (secondary N) is 1. The highest BCUT2D eigenvalue weighted by Crippen LogP contribution is 2.14. The summed E-state index contributed by atoms with van der Waals surface area (Å²) in [6.07, 6.45) is 1.22. The summed E-state index contributed by atoms with van der Waals surface area (Å²) in [7, 11) is 0. The summed E-state index contributed by atoms with van der Waals surface area (Å²) in [5, 5.41) is 3.69. The van der Waals surface area contributed by atoms with Gasteiger partial charge in [-0.2, -0.15) is 5.10 Å². The zero-order valence-corrected chi connectivity index (χ0v) is 9.20. The molecule has 0 aliphatic rings. The number of nitrogens with zero attached hydrogens (tertiary/aromatic N) is 1. The first-order valence-electron chi connectivity index (χ1n) is 5.15. The quantitative estimate of drug-likeness (QED) is 0.653. The van der Waals surface area contributed by atoms with Crippen LogP contribution >= 0.6 is 0 Å². The number of halogens is 3. The van der Waals surface area contributed by atoms with Gasteiger partial charge in [-0.05, 0) is 18.2 Å². The van der Waals surface area contributed by atoms with Crippen LogP contribution in [0.5, 0.6) is 0 Å². The fraction of sp³-hybridized carbons (Fsp3) is 0. The van der Waals surface area contributed by atoms with Gasteiger partial charge in [0.1, 0.15) is 11.6 Å². The molecule has 2 rings (SSSR count). The van der Waals surface area contributed by atoms with Crippen molar-refractivity contribution in [1.29, 1.82) is 0 Å². The molecule has 0 saturated carbocycles. The van der Waals surface area contributed by atoms with Gasteiger partial charge >= 0.3 is 0 Å². The Hall–Kier alpha value is -2.30. The van der Waals surface area contributed by atoms with Gasteiger partial charge in [0.15, 0.2) is 5.82 Å². The fourth-order valence-electron chi connectivity index (χ4n) is 1.33. The minimum atomic E-state index is -0.763. The van der Waals surface area contributed by atoms with Crippen LogP contribution in [0.3, 0.4) is 0 Å². The van der Waals surface area contributed by atoms with Crippen LogP contribution in [0.25, 0.3) is 0 Å². The molecule has 0 unspecified atom stereocenters. The van der Waals surface area contributed by atoms with Crippen LogP contribution in [0.15, 0.2) is 47.6 Å². The van der Waals surface area contributed by atoms with Gasteiger partial charge < -0.3 is 0 Å². The van der Waals surface area contributed by atoms with E-state index in [4.69, 9.17) is 0 Å². The largest absolute Gasteiger partial charge is 0.276 e. The van der Waals surface area contributed by atoms with E-state index < -0.39 is 17.5 Å². The van der Waals surface area contributed by atoms with E-state index in [1.165, 1.54) is 24.4 Å². The Kier molecular flexibility index (Phi) is 3.62. The molecule has 2 aromatic rings. The average molecular weight is 250 g/mol. The number of benzene rings is 2. The van der Waals surface area contributed by atoms with Crippen molar-refractivity contribution in [2.75, 3.05) is 5.43 Å². The third-order valence-corrected chi connectivity index (χ3v) is 2.22. The van der Waals surface area contributed by atoms with E-state index in [-0.39, 0.29) is 11.3 Å². The Morgan fingerprint density at radius 1 is 0.944 bits per heavy atom. The Balaban J connectivity index is 2.10. The van der Waals surface area contributed by atoms with E-state index in [0.717, 1.165) is 12.1 Å². The van der Waals surface area contributed by atoms with Gasteiger partial charge in [0.2, 0.25) is 0 Å². The third-order valence-electron chi connectivity index (χ3n) is 2.22. The van der Waals surface area contributed by atoms with Crippen LogP contribution in [0.4, 0.5) is 18.9 Å². The lowest BCUT2D eigenvalue weighted by Gasteiger charge is -2.01. The summed E-state index contributed by atoms with van der Waals surface area (Å²) in [6.45, 7) is 0. The molecule has 0 fully saturated rings. The van der Waals surface area contributed by atoms with E-state index in [0.29, 0.717) is 0 Å². The minimum Gasteiger partial charge on any atom is -0.276 e. The van der Waals surface area contributed by atoms with Crippen molar-refractivity contribution in [3.05, 3.63) is 65.5 Å². The molecule has 0 heterocycles. The third kappa shape index (κ3) is 2.88. The maximum Gasteiger partial charge on any atom is 0.151 e. The van der Waals surface area contributed by atoms with Crippen LogP contribution in [0.1, 0.15) is 5.56 Å². The molecule has 92 valence electrons. The maximum absolute atomic E-state index is 13.2. The summed E-state index contributed by atoms with van der Waals surface area (Å²) in [4.78, 5) is 0. The van der Waals surface area contributed by atoms with E-state index in [1.54, 1.807) is 12.1 Å². The molecule has 0 aliphatic carbocycles. The molecule has 0 bridgehead atoms. The molecule has 1 N–H and O–H groups in total. The lowest BCUT2D eigenvalue weighted by Crippen LogP contribution is -1.95. The predicted octanol–water partition coefficient (Wildman–Crippen LogP) is 3.55. The van der Waals surface area contributed by atoms with Gasteiger partial charge in [0.05, 0.1) is 11.9 Å². The van der Waals surface area contributed by atoms with E-state index >= 15 is 0 Å². The summed E-state index contributed by atoms with van der Waals surface area (Å²) in [5.41, 5.74) is 2.67. The first-order valence-corrected chi connectivity index (χ1v) is 5.15. The average Bonchev–Trinajstić information content (AvgIpc) is 2.34. The molecule has 0 atom stereocenters. The van der Waals surface area contributed by atoms with Crippen LogP contribution in [0.2, 0.25) is 0 Å². The second kappa shape index (κ2) is 5.35. The standard InChI is InChI=1S/C13H9F3N2/c14-10-5-6-13(12(16)7-10)18-17-8-9-3-1-2-4-11(9)15/h1-8,18H/b17-8-. The molecule has 18 heavy (non-hydrogen) atoms. The van der Waals surface area contributed by atoms with Crippen molar-refractivity contribution in [2.45, 2.75) is 0 Å². The highest BCUT2D eigenvalue weighted by atomic mass is 19.1. The summed E-state index contributed by atoms with van der Waals surface area (Å²) < 4.78 is 39.0. The molecule has 0 radical (unpaired) electrons. The van der Waals surface area contributed by atoms with E-state index in [9.17, 15) is 13.2 Å². The molecule has 2 nitrogen and oxygen atoms in total. The summed E-state index contributed by atoms with van der Waals surface area (Å²) in [5.74, 6) is -1.86. The molecule has 0 aromatic heterocycles. The highest BCUT2D eigenvalue weighted by molar-refractivity contribution is 5.80. The molecule has 2 aromatic carbocycles. The lowest BCUT2D eigenvalue weighted by atomic mass is 10.2. The molecule has 0 spiro atoms. The van der Waals surface area contributed by atoms with Crippen LogP contribution in [-0.2, 0) is 0 Å². The second-order valence-corrected chi connectivity index (χ2v) is 3.52. The van der Waals surface area contributed by atoms with E-state index in [1.807, 2.05) is 0 Å². The van der Waals surface area contributed by atoms with E-state index in [2.05, 4.69) is 10.5 Å². The van der Waals surface area contributed by atoms with Crippen molar-refractivity contribution in [1.82, 2.24) is 0 Å². The number of hydrogen-bond donors (Lipinski definition) is 1. The fourth-order valence-corrected chi connectivity index (χ4v) is 1.33. The number of rotatable bonds is 3.